The molecule has 1 heterocycles. The molecule has 4 rings (SSSR count). The lowest BCUT2D eigenvalue weighted by Crippen LogP contribution is -2.32. The Morgan fingerprint density at radius 2 is 1.69 bits per heavy atom. The van der Waals surface area contributed by atoms with Crippen molar-refractivity contribution in [1.29, 1.82) is 0 Å². The van der Waals surface area contributed by atoms with Gasteiger partial charge in [0.25, 0.3) is 0 Å². The Kier molecular flexibility index (Phi) is 16.0. The lowest BCUT2D eigenvalue weighted by atomic mass is 10.0. The summed E-state index contributed by atoms with van der Waals surface area (Å²) in [5.41, 5.74) is 5.46. The lowest BCUT2D eigenvalue weighted by molar-refractivity contribution is -0.107. The van der Waals surface area contributed by atoms with Crippen LogP contribution in [0, 0.1) is 0 Å². The van der Waals surface area contributed by atoms with Gasteiger partial charge in [-0.3, -0.25) is 5.43 Å². The smallest absolute Gasteiger partial charge is 0.153 e. The van der Waals surface area contributed by atoms with Crippen LogP contribution in [0.15, 0.2) is 54.6 Å². The number of hydrogen-bond acceptors (Lipinski definition) is 6. The number of carbonyl (C=O) groups is 1. The van der Waals surface area contributed by atoms with Crippen molar-refractivity contribution >= 4 is 16.1 Å². The van der Waals surface area contributed by atoms with Crippen molar-refractivity contribution in [1.82, 2.24) is 10.4 Å². The Morgan fingerprint density at radius 3 is 2.23 bits per heavy atom. The molecule has 0 radical (unpaired) electrons. The number of hydrazine groups is 1. The van der Waals surface area contributed by atoms with Crippen LogP contribution in [0.5, 0.6) is 5.75 Å². The average Bonchev–Trinajstić information content (AvgIpc) is 3.40. The van der Waals surface area contributed by atoms with Gasteiger partial charge < -0.3 is 9.53 Å². The summed E-state index contributed by atoms with van der Waals surface area (Å²) in [6.07, 6.45) is 8.93. The summed E-state index contributed by atoms with van der Waals surface area (Å²) in [7, 11) is -1.10. The Labute approximate surface area is 235 Å². The summed E-state index contributed by atoms with van der Waals surface area (Å²) in [5.74, 6) is 1.13. The molecule has 0 amide bonds. The summed E-state index contributed by atoms with van der Waals surface area (Å²) in [5, 5.41) is 1.76. The third-order valence-corrected chi connectivity index (χ3v) is 9.31. The molecule has 2 aliphatic rings. The van der Waals surface area contributed by atoms with Crippen LogP contribution < -0.4 is 10.2 Å². The first kappa shape index (κ1) is 32.9. The maximum Gasteiger partial charge on any atom is 0.153 e. The van der Waals surface area contributed by atoms with Gasteiger partial charge in [-0.25, -0.2) is 17.8 Å². The minimum absolute atomic E-state index is 0.122. The number of alkyl halides is 1. The Hall–Kier alpha value is -2.29. The topological polar surface area (TPSA) is 75.7 Å². The van der Waals surface area contributed by atoms with E-state index in [1.807, 2.05) is 42.4 Å². The fraction of sp³-hybridized carbons (Fsp3) is 0.581. The van der Waals surface area contributed by atoms with Crippen LogP contribution in [0.1, 0.15) is 75.8 Å². The quantitative estimate of drug-likeness (QED) is 0.264. The maximum absolute atomic E-state index is 12.3. The molecule has 1 aliphatic carbocycles. The normalized spacial score (nSPS) is 17.9. The first-order chi connectivity index (χ1) is 18.9. The average molecular weight is 563 g/mol. The SMILES string of the molecule is CCCc1ccc(OCc2ccccc2)cc1.CNN1CCC(F)C1.O=CCCCS(=O)(=O)C1CCCCC1. The number of nitrogens with zero attached hydrogens (tertiary/aromatic N) is 1. The van der Waals surface area contributed by atoms with Crippen molar-refractivity contribution in [3.05, 3.63) is 65.7 Å². The third-order valence-electron chi connectivity index (χ3n) is 6.97. The summed E-state index contributed by atoms with van der Waals surface area (Å²) in [4.78, 5) is 10.1. The van der Waals surface area contributed by atoms with E-state index in [1.165, 1.54) is 24.0 Å². The minimum atomic E-state index is -2.91. The van der Waals surface area contributed by atoms with Gasteiger partial charge in [0.15, 0.2) is 9.84 Å². The van der Waals surface area contributed by atoms with E-state index in [1.54, 1.807) is 0 Å². The Morgan fingerprint density at radius 1 is 1.00 bits per heavy atom. The summed E-state index contributed by atoms with van der Waals surface area (Å²) >= 11 is 0. The van der Waals surface area contributed by atoms with E-state index in [2.05, 4.69) is 36.6 Å². The van der Waals surface area contributed by atoms with Crippen molar-refractivity contribution < 1.29 is 22.3 Å². The fourth-order valence-corrected chi connectivity index (χ4v) is 6.62. The molecule has 1 saturated carbocycles. The molecule has 1 saturated heterocycles. The van der Waals surface area contributed by atoms with Gasteiger partial charge in [0.2, 0.25) is 0 Å². The monoisotopic (exact) mass is 562 g/mol. The molecule has 6 nitrogen and oxygen atoms in total. The first-order valence-electron chi connectivity index (χ1n) is 14.3. The van der Waals surface area contributed by atoms with E-state index in [0.29, 0.717) is 32.4 Å². The lowest BCUT2D eigenvalue weighted by Gasteiger charge is -2.21. The van der Waals surface area contributed by atoms with Gasteiger partial charge in [-0.2, -0.15) is 0 Å². The summed E-state index contributed by atoms with van der Waals surface area (Å²) in [6.45, 7) is 4.22. The Balaban J connectivity index is 0.000000218. The van der Waals surface area contributed by atoms with Gasteiger partial charge >= 0.3 is 0 Å². The number of sulfone groups is 1. The zero-order valence-corrected chi connectivity index (χ0v) is 24.5. The van der Waals surface area contributed by atoms with Gasteiger partial charge in [-0.15, -0.1) is 0 Å². The van der Waals surface area contributed by atoms with Crippen molar-refractivity contribution in [2.24, 2.45) is 0 Å². The molecule has 2 fully saturated rings. The van der Waals surface area contributed by atoms with Crippen molar-refractivity contribution in [2.75, 3.05) is 25.9 Å². The van der Waals surface area contributed by atoms with Crippen LogP contribution in [0.4, 0.5) is 4.39 Å². The molecule has 0 bridgehead atoms. The van der Waals surface area contributed by atoms with Crippen LogP contribution in [-0.4, -0.2) is 57.0 Å². The van der Waals surface area contributed by atoms with E-state index < -0.39 is 16.0 Å². The van der Waals surface area contributed by atoms with Gasteiger partial charge in [0, 0.05) is 19.5 Å². The summed E-state index contributed by atoms with van der Waals surface area (Å²) < 4.78 is 41.5. The molecule has 1 aliphatic heterocycles. The molecular formula is C31H47FN2O4S. The van der Waals surface area contributed by atoms with Crippen molar-refractivity contribution in [3.8, 4) is 5.75 Å². The molecule has 0 aromatic heterocycles. The van der Waals surface area contributed by atoms with E-state index in [-0.39, 0.29) is 11.0 Å². The van der Waals surface area contributed by atoms with Gasteiger partial charge in [0.1, 0.15) is 24.8 Å². The fourth-order valence-electron chi connectivity index (χ4n) is 4.66. The third kappa shape index (κ3) is 13.6. The molecule has 2 aromatic rings. The zero-order valence-electron chi connectivity index (χ0n) is 23.7. The number of nitrogens with one attached hydrogen (secondary N) is 1. The molecule has 8 heteroatoms. The molecule has 1 atom stereocenters. The minimum Gasteiger partial charge on any atom is -0.489 e. The van der Waals surface area contributed by atoms with E-state index in [4.69, 9.17) is 4.74 Å². The second-order valence-electron chi connectivity index (χ2n) is 10.2. The highest BCUT2D eigenvalue weighted by Crippen LogP contribution is 2.24. The van der Waals surface area contributed by atoms with E-state index in [0.717, 1.165) is 50.7 Å². The van der Waals surface area contributed by atoms with Crippen LogP contribution in [-0.2, 0) is 27.7 Å². The predicted octanol–water partition coefficient (Wildman–Crippen LogP) is 6.10. The van der Waals surface area contributed by atoms with Gasteiger partial charge in [0.05, 0.1) is 11.0 Å². The molecule has 1 unspecified atom stereocenters. The van der Waals surface area contributed by atoms with Crippen LogP contribution in [0.2, 0.25) is 0 Å². The van der Waals surface area contributed by atoms with Crippen LogP contribution >= 0.6 is 0 Å². The van der Waals surface area contributed by atoms with Crippen LogP contribution in [0.3, 0.4) is 0 Å². The number of unbranched alkanes of at least 4 members (excludes halogenated alkanes) is 1. The van der Waals surface area contributed by atoms with Crippen molar-refractivity contribution in [3.63, 3.8) is 0 Å². The second kappa shape index (κ2) is 18.9. The van der Waals surface area contributed by atoms with Crippen LogP contribution in [0.25, 0.3) is 0 Å². The zero-order chi connectivity index (χ0) is 28.3. The molecule has 0 spiro atoms. The largest absolute Gasteiger partial charge is 0.489 e. The van der Waals surface area contributed by atoms with Crippen molar-refractivity contribution in [2.45, 2.75) is 89.2 Å². The second-order valence-corrected chi connectivity index (χ2v) is 12.6. The number of hydrogen-bond donors (Lipinski definition) is 1. The van der Waals surface area contributed by atoms with Gasteiger partial charge in [-0.05, 0) is 62.4 Å². The number of rotatable bonds is 11. The van der Waals surface area contributed by atoms with Gasteiger partial charge in [-0.1, -0.05) is 75.1 Å². The molecule has 2 aromatic carbocycles. The first-order valence-corrected chi connectivity index (χ1v) is 16.1. The predicted molar refractivity (Wildman–Crippen MR) is 157 cm³/mol. The number of aldehydes is 1. The molecule has 1 N–H and O–H groups in total. The highest BCUT2D eigenvalue weighted by atomic mass is 32.2. The highest BCUT2D eigenvalue weighted by Gasteiger charge is 2.26. The number of aryl methyl sites for hydroxylation is 1. The maximum atomic E-state index is 12.3. The molecule has 39 heavy (non-hydrogen) atoms. The highest BCUT2D eigenvalue weighted by molar-refractivity contribution is 7.92. The standard InChI is InChI=1S/C16H18O.C10H18O3S.C5H11FN2/c1-2-6-14-9-11-16(12-10-14)17-13-15-7-4-3-5-8-15;11-8-4-5-9-14(12,13)10-6-2-1-3-7-10;1-7-8-3-2-5(6)4-8/h3-5,7-12H,2,6,13H2,1H3;8,10H,1-7,9H2;5,7H,2-4H2,1H3. The summed E-state index contributed by atoms with van der Waals surface area (Å²) in [6, 6.07) is 18.6. The molecule has 218 valence electrons. The Bertz CT molecular complexity index is 1010. The number of ether oxygens (including phenoxy) is 1. The number of benzene rings is 2. The number of halogens is 1. The van der Waals surface area contributed by atoms with E-state index in [9.17, 15) is 17.6 Å². The number of carbonyl (C=O) groups excluding carboxylic acids is 1. The van der Waals surface area contributed by atoms with E-state index >= 15 is 0 Å². The molecular weight excluding hydrogens is 515 g/mol.